The van der Waals surface area contributed by atoms with Gasteiger partial charge < -0.3 is 20.1 Å². The first-order chi connectivity index (χ1) is 6.99. The van der Waals surface area contributed by atoms with Crippen LogP contribution in [0.25, 0.3) is 0 Å². The van der Waals surface area contributed by atoms with Gasteiger partial charge in [0.2, 0.25) is 0 Å². The van der Waals surface area contributed by atoms with Crippen molar-refractivity contribution in [1.82, 2.24) is 0 Å². The molecule has 0 aromatic carbocycles. The summed E-state index contributed by atoms with van der Waals surface area (Å²) < 4.78 is 4.65. The number of Topliss-reactive ketones (excluding diaryl/α,β-unsaturated/α-hetero) is 1. The van der Waals surface area contributed by atoms with E-state index < -0.39 is 31.2 Å². The average Bonchev–Trinajstić information content (AvgIpc) is 2.20. The molecule has 0 spiro atoms. The Morgan fingerprint density at radius 2 is 1.60 bits per heavy atom. The third-order valence-electron chi connectivity index (χ3n) is 1.94. The normalized spacial score (nSPS) is 11.2. The lowest BCUT2D eigenvalue weighted by atomic mass is 9.93. The van der Waals surface area contributed by atoms with Crippen LogP contribution >= 0.6 is 0 Å². The predicted molar refractivity (Wildman–Crippen MR) is 49.9 cm³/mol. The molecule has 0 unspecified atom stereocenters. The Morgan fingerprint density at radius 3 is 1.93 bits per heavy atom. The van der Waals surface area contributed by atoms with E-state index in [-0.39, 0.29) is 18.8 Å². The molecule has 0 aliphatic rings. The third kappa shape index (κ3) is 4.87. The molecular formula is C9H16O6. The highest BCUT2D eigenvalue weighted by Gasteiger charge is 2.30. The molecule has 15 heavy (non-hydrogen) atoms. The van der Waals surface area contributed by atoms with Crippen molar-refractivity contribution in [1.29, 1.82) is 0 Å². The maximum Gasteiger partial charge on any atom is 0.313 e. The minimum atomic E-state index is -1.24. The second-order valence-electron chi connectivity index (χ2n) is 3.51. The molecule has 0 saturated heterocycles. The van der Waals surface area contributed by atoms with Crippen LogP contribution in [0.3, 0.4) is 0 Å². The Bertz CT molecular complexity index is 212. The molecular weight excluding hydrogens is 204 g/mol. The molecule has 88 valence electrons. The molecule has 6 heteroatoms. The minimum absolute atomic E-state index is 0.317. The second kappa shape index (κ2) is 6.49. The Kier molecular flexibility index (Phi) is 6.07. The van der Waals surface area contributed by atoms with Gasteiger partial charge in [-0.05, 0) is 6.92 Å². The molecule has 0 fully saturated rings. The van der Waals surface area contributed by atoms with Gasteiger partial charge in [-0.1, -0.05) is 0 Å². The molecule has 0 saturated carbocycles. The largest absolute Gasteiger partial charge is 0.464 e. The predicted octanol–water partition coefficient (Wildman–Crippen LogP) is -1.53. The van der Waals surface area contributed by atoms with Crippen LogP contribution in [0.2, 0.25) is 0 Å². The molecule has 0 aliphatic heterocycles. The lowest BCUT2D eigenvalue weighted by Crippen LogP contribution is -2.39. The van der Waals surface area contributed by atoms with E-state index in [2.05, 4.69) is 4.74 Å². The number of hydrogen-bond acceptors (Lipinski definition) is 6. The standard InChI is InChI=1S/C9H16O6/c1-7(13)2-8(14)15-6-9(3-10,4-11)5-12/h10-12H,2-6H2,1H3. The van der Waals surface area contributed by atoms with Gasteiger partial charge in [0.1, 0.15) is 18.8 Å². The van der Waals surface area contributed by atoms with Gasteiger partial charge >= 0.3 is 5.97 Å². The SMILES string of the molecule is CC(=O)CC(=O)OCC(CO)(CO)CO. The summed E-state index contributed by atoms with van der Waals surface area (Å²) in [4.78, 5) is 21.5. The lowest BCUT2D eigenvalue weighted by molar-refractivity contribution is -0.152. The molecule has 0 bridgehead atoms. The van der Waals surface area contributed by atoms with Crippen LogP contribution < -0.4 is 0 Å². The first-order valence-corrected chi connectivity index (χ1v) is 4.47. The van der Waals surface area contributed by atoms with Crippen molar-refractivity contribution in [3.63, 3.8) is 0 Å². The number of ketones is 1. The summed E-state index contributed by atoms with van der Waals surface area (Å²) in [6.45, 7) is -0.588. The Morgan fingerprint density at radius 1 is 1.13 bits per heavy atom. The highest BCUT2D eigenvalue weighted by molar-refractivity contribution is 5.94. The molecule has 0 atom stereocenters. The van der Waals surface area contributed by atoms with Gasteiger partial charge in [-0.2, -0.15) is 0 Å². The molecule has 0 amide bonds. The van der Waals surface area contributed by atoms with Crippen molar-refractivity contribution in [2.45, 2.75) is 13.3 Å². The number of esters is 1. The second-order valence-corrected chi connectivity index (χ2v) is 3.51. The summed E-state index contributed by atoms with van der Waals surface area (Å²) >= 11 is 0. The van der Waals surface area contributed by atoms with Gasteiger partial charge in [-0.25, -0.2) is 0 Å². The van der Waals surface area contributed by atoms with Gasteiger partial charge in [0.15, 0.2) is 0 Å². The van der Waals surface area contributed by atoms with Gasteiger partial charge in [0.25, 0.3) is 0 Å². The monoisotopic (exact) mass is 220 g/mol. The number of aliphatic hydroxyl groups is 3. The number of aliphatic hydroxyl groups excluding tert-OH is 3. The number of carbonyl (C=O) groups excluding carboxylic acids is 2. The quantitative estimate of drug-likeness (QED) is 0.355. The zero-order chi connectivity index (χ0) is 11.9. The van der Waals surface area contributed by atoms with Crippen molar-refractivity contribution < 1.29 is 29.6 Å². The molecule has 0 radical (unpaired) electrons. The van der Waals surface area contributed by atoms with E-state index >= 15 is 0 Å². The molecule has 0 rings (SSSR count). The first kappa shape index (κ1) is 14.0. The van der Waals surface area contributed by atoms with Crippen molar-refractivity contribution in [2.75, 3.05) is 26.4 Å². The van der Waals surface area contributed by atoms with Gasteiger partial charge in [0, 0.05) is 0 Å². The number of carbonyl (C=O) groups is 2. The van der Waals surface area contributed by atoms with Crippen LogP contribution in [0.15, 0.2) is 0 Å². The summed E-state index contributed by atoms with van der Waals surface area (Å²) in [6.07, 6.45) is -0.349. The average molecular weight is 220 g/mol. The van der Waals surface area contributed by atoms with E-state index in [1.54, 1.807) is 0 Å². The fourth-order valence-corrected chi connectivity index (χ4v) is 0.775. The molecule has 0 heterocycles. The summed E-state index contributed by atoms with van der Waals surface area (Å²) in [7, 11) is 0. The van der Waals surface area contributed by atoms with Crippen LogP contribution in [0.4, 0.5) is 0 Å². The summed E-state index contributed by atoms with van der Waals surface area (Å²) in [5.41, 5.74) is -1.24. The van der Waals surface area contributed by atoms with Gasteiger partial charge in [0.05, 0.1) is 25.2 Å². The van der Waals surface area contributed by atoms with Crippen LogP contribution in [-0.2, 0) is 14.3 Å². The topological polar surface area (TPSA) is 104 Å². The molecule has 0 aromatic heterocycles. The Labute approximate surface area is 87.5 Å². The molecule has 0 aromatic rings. The van der Waals surface area contributed by atoms with Crippen LogP contribution in [0.1, 0.15) is 13.3 Å². The van der Waals surface area contributed by atoms with Crippen LogP contribution in [-0.4, -0.2) is 53.5 Å². The summed E-state index contributed by atoms with van der Waals surface area (Å²) in [5, 5.41) is 26.7. The van der Waals surface area contributed by atoms with Crippen molar-refractivity contribution in [2.24, 2.45) is 5.41 Å². The van der Waals surface area contributed by atoms with E-state index in [1.807, 2.05) is 0 Å². The van der Waals surface area contributed by atoms with Crippen molar-refractivity contribution >= 4 is 11.8 Å². The smallest absolute Gasteiger partial charge is 0.313 e. The lowest BCUT2D eigenvalue weighted by Gasteiger charge is -2.26. The van der Waals surface area contributed by atoms with Gasteiger partial charge in [-0.15, -0.1) is 0 Å². The van der Waals surface area contributed by atoms with Crippen LogP contribution in [0.5, 0.6) is 0 Å². The molecule has 3 N–H and O–H groups in total. The molecule has 6 nitrogen and oxygen atoms in total. The van der Waals surface area contributed by atoms with E-state index in [9.17, 15) is 9.59 Å². The maximum atomic E-state index is 11.0. The van der Waals surface area contributed by atoms with Crippen molar-refractivity contribution in [3.05, 3.63) is 0 Å². The third-order valence-corrected chi connectivity index (χ3v) is 1.94. The summed E-state index contributed by atoms with van der Waals surface area (Å²) in [6, 6.07) is 0. The zero-order valence-electron chi connectivity index (χ0n) is 8.60. The van der Waals surface area contributed by atoms with E-state index in [4.69, 9.17) is 15.3 Å². The highest BCUT2D eigenvalue weighted by atomic mass is 16.5. The number of ether oxygens (including phenoxy) is 1. The van der Waals surface area contributed by atoms with Crippen molar-refractivity contribution in [3.8, 4) is 0 Å². The summed E-state index contributed by atoms with van der Waals surface area (Å²) in [5.74, 6) is -1.06. The maximum absolute atomic E-state index is 11.0. The Hall–Kier alpha value is -0.980. The molecule has 0 aliphatic carbocycles. The number of hydrogen-bond donors (Lipinski definition) is 3. The fourth-order valence-electron chi connectivity index (χ4n) is 0.775. The fraction of sp³-hybridized carbons (Fsp3) is 0.778. The van der Waals surface area contributed by atoms with E-state index in [1.165, 1.54) is 6.92 Å². The van der Waals surface area contributed by atoms with Crippen LogP contribution in [0, 0.1) is 5.41 Å². The zero-order valence-corrected chi connectivity index (χ0v) is 8.60. The highest BCUT2D eigenvalue weighted by Crippen LogP contribution is 2.15. The van der Waals surface area contributed by atoms with E-state index in [0.717, 1.165) is 0 Å². The minimum Gasteiger partial charge on any atom is -0.464 e. The Balaban J connectivity index is 4.10. The number of rotatable bonds is 7. The van der Waals surface area contributed by atoms with Gasteiger partial charge in [-0.3, -0.25) is 9.59 Å². The van der Waals surface area contributed by atoms with E-state index in [0.29, 0.717) is 0 Å². The first-order valence-electron chi connectivity index (χ1n) is 4.47.